The van der Waals surface area contributed by atoms with Crippen LogP contribution in [0.25, 0.3) is 0 Å². The highest BCUT2D eigenvalue weighted by atomic mass is 32.1. The van der Waals surface area contributed by atoms with Gasteiger partial charge in [-0.1, -0.05) is 0 Å². The molecular formula is C12H17N3O3S. The van der Waals surface area contributed by atoms with Gasteiger partial charge in [0.15, 0.2) is 0 Å². The van der Waals surface area contributed by atoms with Crippen molar-refractivity contribution in [3.05, 3.63) is 16.0 Å². The monoisotopic (exact) mass is 283 g/mol. The third kappa shape index (κ3) is 2.87. The Bertz CT molecular complexity index is 499. The van der Waals surface area contributed by atoms with Gasteiger partial charge in [0.05, 0.1) is 12.7 Å². The molecule has 0 saturated heterocycles. The second-order valence-corrected chi connectivity index (χ2v) is 5.22. The molecule has 1 aliphatic rings. The minimum Gasteiger partial charge on any atom is -0.465 e. The first-order valence-electron chi connectivity index (χ1n) is 6.15. The average molecular weight is 283 g/mol. The number of rotatable bonds is 3. The maximum atomic E-state index is 11.9. The van der Waals surface area contributed by atoms with Gasteiger partial charge in [0.2, 0.25) is 0 Å². The Balaban J connectivity index is 2.33. The number of amides is 2. The lowest BCUT2D eigenvalue weighted by Crippen LogP contribution is -2.28. The molecule has 0 unspecified atom stereocenters. The predicted molar refractivity (Wildman–Crippen MR) is 73.8 cm³/mol. The van der Waals surface area contributed by atoms with Crippen molar-refractivity contribution >= 4 is 28.3 Å². The average Bonchev–Trinajstić information content (AvgIpc) is 2.75. The van der Waals surface area contributed by atoms with Crippen LogP contribution in [-0.4, -0.2) is 32.2 Å². The van der Waals surface area contributed by atoms with Gasteiger partial charge < -0.3 is 15.4 Å². The molecule has 0 bridgehead atoms. The van der Waals surface area contributed by atoms with E-state index in [4.69, 9.17) is 4.74 Å². The Kier molecular flexibility index (Phi) is 4.39. The van der Waals surface area contributed by atoms with E-state index in [1.807, 2.05) is 6.92 Å². The van der Waals surface area contributed by atoms with Gasteiger partial charge in [-0.05, 0) is 25.5 Å². The third-order valence-electron chi connectivity index (χ3n) is 2.88. The number of hydrogen-bond donors (Lipinski definition) is 3. The zero-order valence-electron chi connectivity index (χ0n) is 11.0. The van der Waals surface area contributed by atoms with E-state index >= 15 is 0 Å². The highest BCUT2D eigenvalue weighted by Crippen LogP contribution is 2.35. The van der Waals surface area contributed by atoms with Gasteiger partial charge in [0, 0.05) is 18.0 Å². The minimum atomic E-state index is -0.397. The number of methoxy groups -OCH3 is 1. The second-order valence-electron chi connectivity index (χ2n) is 4.11. The van der Waals surface area contributed by atoms with Crippen LogP contribution < -0.4 is 16.0 Å². The SMILES string of the molecule is CCNC(=O)Nc1sc2c(c1C(=O)OC)CCNC2. The molecule has 0 radical (unpaired) electrons. The largest absolute Gasteiger partial charge is 0.465 e. The van der Waals surface area contributed by atoms with Crippen LogP contribution in [0.1, 0.15) is 27.7 Å². The second kappa shape index (κ2) is 6.03. The number of thiophene rings is 1. The summed E-state index contributed by atoms with van der Waals surface area (Å²) >= 11 is 1.42. The molecule has 1 aromatic rings. The fraction of sp³-hybridized carbons (Fsp3) is 0.500. The highest BCUT2D eigenvalue weighted by molar-refractivity contribution is 7.17. The lowest BCUT2D eigenvalue weighted by Gasteiger charge is -2.13. The Morgan fingerprint density at radius 2 is 2.26 bits per heavy atom. The van der Waals surface area contributed by atoms with Gasteiger partial charge in [0.25, 0.3) is 0 Å². The van der Waals surface area contributed by atoms with Crippen LogP contribution in [0, 0.1) is 0 Å². The van der Waals surface area contributed by atoms with Crippen LogP contribution in [0.5, 0.6) is 0 Å². The van der Waals surface area contributed by atoms with E-state index in [0.717, 1.165) is 30.0 Å². The van der Waals surface area contributed by atoms with Crippen molar-refractivity contribution in [2.24, 2.45) is 0 Å². The van der Waals surface area contributed by atoms with Crippen molar-refractivity contribution in [3.63, 3.8) is 0 Å². The molecule has 0 spiro atoms. The van der Waals surface area contributed by atoms with Gasteiger partial charge in [-0.15, -0.1) is 11.3 Å². The Labute approximate surface area is 115 Å². The minimum absolute atomic E-state index is 0.306. The van der Waals surface area contributed by atoms with Crippen molar-refractivity contribution in [3.8, 4) is 0 Å². The number of anilines is 1. The molecule has 104 valence electrons. The van der Waals surface area contributed by atoms with E-state index in [0.29, 0.717) is 17.1 Å². The smallest absolute Gasteiger partial charge is 0.341 e. The predicted octanol–water partition coefficient (Wildman–Crippen LogP) is 1.32. The lowest BCUT2D eigenvalue weighted by molar-refractivity contribution is 0.0601. The number of fused-ring (bicyclic) bond motifs is 1. The molecule has 0 atom stereocenters. The van der Waals surface area contributed by atoms with E-state index in [9.17, 15) is 9.59 Å². The summed E-state index contributed by atoms with van der Waals surface area (Å²) in [6.45, 7) is 3.92. The molecule has 19 heavy (non-hydrogen) atoms. The summed E-state index contributed by atoms with van der Waals surface area (Å²) < 4.78 is 4.82. The molecule has 0 aromatic carbocycles. The van der Waals surface area contributed by atoms with E-state index < -0.39 is 5.97 Å². The van der Waals surface area contributed by atoms with Crippen LogP contribution in [-0.2, 0) is 17.7 Å². The summed E-state index contributed by atoms with van der Waals surface area (Å²) in [5, 5.41) is 9.18. The molecule has 1 aromatic heterocycles. The normalized spacial score (nSPS) is 13.6. The van der Waals surface area contributed by atoms with Crippen LogP contribution in [0.3, 0.4) is 0 Å². The number of esters is 1. The van der Waals surface area contributed by atoms with E-state index in [-0.39, 0.29) is 6.03 Å². The number of carbonyl (C=O) groups excluding carboxylic acids is 2. The quantitative estimate of drug-likeness (QED) is 0.731. The summed E-state index contributed by atoms with van der Waals surface area (Å²) in [7, 11) is 1.35. The molecule has 2 amide bonds. The maximum absolute atomic E-state index is 11.9. The first-order chi connectivity index (χ1) is 9.17. The lowest BCUT2D eigenvalue weighted by atomic mass is 10.0. The molecule has 2 heterocycles. The van der Waals surface area contributed by atoms with Crippen molar-refractivity contribution in [1.29, 1.82) is 0 Å². The zero-order chi connectivity index (χ0) is 13.8. The topological polar surface area (TPSA) is 79.5 Å². The number of nitrogens with one attached hydrogen (secondary N) is 3. The van der Waals surface area contributed by atoms with E-state index in [2.05, 4.69) is 16.0 Å². The van der Waals surface area contributed by atoms with Crippen LogP contribution in [0.15, 0.2) is 0 Å². The summed E-state index contributed by atoms with van der Waals surface area (Å²) in [6, 6.07) is -0.306. The van der Waals surface area contributed by atoms with Crippen LogP contribution in [0.4, 0.5) is 9.80 Å². The van der Waals surface area contributed by atoms with Gasteiger partial charge in [-0.3, -0.25) is 5.32 Å². The van der Waals surface area contributed by atoms with Crippen molar-refractivity contribution < 1.29 is 14.3 Å². The summed E-state index contributed by atoms with van der Waals surface area (Å²) in [5.41, 5.74) is 1.48. The molecule has 0 saturated carbocycles. The van der Waals surface area contributed by atoms with Crippen molar-refractivity contribution in [1.82, 2.24) is 10.6 Å². The molecule has 2 rings (SSSR count). The van der Waals surface area contributed by atoms with Gasteiger partial charge in [-0.25, -0.2) is 9.59 Å². The van der Waals surface area contributed by atoms with E-state index in [1.165, 1.54) is 18.4 Å². The number of carbonyl (C=O) groups is 2. The maximum Gasteiger partial charge on any atom is 0.341 e. The van der Waals surface area contributed by atoms with Crippen LogP contribution >= 0.6 is 11.3 Å². The molecule has 3 N–H and O–H groups in total. The molecule has 0 aliphatic carbocycles. The highest BCUT2D eigenvalue weighted by Gasteiger charge is 2.26. The van der Waals surface area contributed by atoms with Crippen molar-refractivity contribution in [2.45, 2.75) is 19.9 Å². The Hall–Kier alpha value is -1.60. The molecule has 0 fully saturated rings. The van der Waals surface area contributed by atoms with Gasteiger partial charge in [-0.2, -0.15) is 0 Å². The standard InChI is InChI=1S/C12H17N3O3S/c1-3-14-12(17)15-10-9(11(16)18-2)7-4-5-13-6-8(7)19-10/h13H,3-6H2,1-2H3,(H2,14,15,17). The van der Waals surface area contributed by atoms with Crippen molar-refractivity contribution in [2.75, 3.05) is 25.5 Å². The molecule has 6 nitrogen and oxygen atoms in total. The number of ether oxygens (including phenoxy) is 1. The van der Waals surface area contributed by atoms with Crippen LogP contribution in [0.2, 0.25) is 0 Å². The molecule has 1 aliphatic heterocycles. The molecule has 7 heteroatoms. The fourth-order valence-electron chi connectivity index (χ4n) is 2.05. The Morgan fingerprint density at radius 3 is 2.95 bits per heavy atom. The van der Waals surface area contributed by atoms with E-state index in [1.54, 1.807) is 0 Å². The first kappa shape index (κ1) is 13.8. The summed E-state index contributed by atoms with van der Waals surface area (Å²) in [4.78, 5) is 24.6. The summed E-state index contributed by atoms with van der Waals surface area (Å²) in [5.74, 6) is -0.397. The molecular weight excluding hydrogens is 266 g/mol. The van der Waals surface area contributed by atoms with Gasteiger partial charge in [0.1, 0.15) is 5.00 Å². The third-order valence-corrected chi connectivity index (χ3v) is 4.03. The van der Waals surface area contributed by atoms with Gasteiger partial charge >= 0.3 is 12.0 Å². The zero-order valence-corrected chi connectivity index (χ0v) is 11.8. The first-order valence-corrected chi connectivity index (χ1v) is 6.97. The fourth-order valence-corrected chi connectivity index (χ4v) is 3.25. The Morgan fingerprint density at radius 1 is 1.47 bits per heavy atom. The number of hydrogen-bond acceptors (Lipinski definition) is 5. The summed E-state index contributed by atoms with van der Waals surface area (Å²) in [6.07, 6.45) is 0.771. The number of urea groups is 1.